The van der Waals surface area contributed by atoms with Crippen molar-refractivity contribution in [2.75, 3.05) is 44.6 Å². The molecule has 1 aliphatic rings. The van der Waals surface area contributed by atoms with Crippen LogP contribution in [0.25, 0.3) is 5.65 Å². The number of aryl methyl sites for hydroxylation is 1. The molecule has 36 heavy (non-hydrogen) atoms. The van der Waals surface area contributed by atoms with Crippen LogP contribution in [0, 0.1) is 0 Å². The lowest BCUT2D eigenvalue weighted by Gasteiger charge is -2.35. The normalized spacial score (nSPS) is 14.8. The van der Waals surface area contributed by atoms with Gasteiger partial charge in [0.05, 0.1) is 6.20 Å². The second-order valence-corrected chi connectivity index (χ2v) is 10.1. The summed E-state index contributed by atoms with van der Waals surface area (Å²) in [6, 6.07) is 5.62. The number of nitrogens with zero attached hydrogens (tertiary/aromatic N) is 6. The Hall–Kier alpha value is -3.11. The molecule has 0 saturated carbocycles. The number of halogens is 1. The maximum atomic E-state index is 12.2. The molecule has 194 valence electrons. The van der Waals surface area contributed by atoms with Gasteiger partial charge in [0.1, 0.15) is 23.2 Å². The van der Waals surface area contributed by atoms with E-state index in [1.807, 2.05) is 39.1 Å². The number of rotatable bonds is 8. The van der Waals surface area contributed by atoms with Crippen molar-refractivity contribution in [3.05, 3.63) is 46.9 Å². The Morgan fingerprint density at radius 2 is 1.94 bits per heavy atom. The highest BCUT2D eigenvalue weighted by Gasteiger charge is 2.25. The predicted molar refractivity (Wildman–Crippen MR) is 139 cm³/mol. The molecule has 4 rings (SSSR count). The van der Waals surface area contributed by atoms with Gasteiger partial charge in [0.2, 0.25) is 5.88 Å². The number of hydrogen-bond acceptors (Lipinski definition) is 8. The van der Waals surface area contributed by atoms with E-state index in [1.54, 1.807) is 21.7 Å². The monoisotopic (exact) mass is 515 g/mol. The zero-order valence-corrected chi connectivity index (χ0v) is 22.1. The van der Waals surface area contributed by atoms with Crippen LogP contribution in [-0.4, -0.2) is 80.4 Å². The van der Waals surface area contributed by atoms with Crippen molar-refractivity contribution in [1.29, 1.82) is 0 Å². The largest absolute Gasteiger partial charge is 0.476 e. The molecule has 0 aromatic carbocycles. The van der Waals surface area contributed by atoms with E-state index in [0.29, 0.717) is 37.3 Å². The first kappa shape index (κ1) is 26.0. The Morgan fingerprint density at radius 1 is 1.17 bits per heavy atom. The van der Waals surface area contributed by atoms with Crippen molar-refractivity contribution in [2.24, 2.45) is 0 Å². The fourth-order valence-corrected chi connectivity index (χ4v) is 4.09. The number of aromatic nitrogens is 4. The predicted octanol–water partition coefficient (Wildman–Crippen LogP) is 3.88. The van der Waals surface area contributed by atoms with Crippen molar-refractivity contribution in [2.45, 2.75) is 46.3 Å². The molecule has 0 bridgehead atoms. The Labute approximate surface area is 216 Å². The molecule has 4 heterocycles. The summed E-state index contributed by atoms with van der Waals surface area (Å²) in [5.41, 5.74) is 2.34. The molecule has 0 spiro atoms. The zero-order chi connectivity index (χ0) is 25.7. The number of anilines is 1. The van der Waals surface area contributed by atoms with E-state index < -0.39 is 5.60 Å². The van der Waals surface area contributed by atoms with Gasteiger partial charge in [-0.3, -0.25) is 4.90 Å². The van der Waals surface area contributed by atoms with E-state index >= 15 is 0 Å². The van der Waals surface area contributed by atoms with Crippen LogP contribution in [0.2, 0.25) is 5.15 Å². The van der Waals surface area contributed by atoms with Gasteiger partial charge in [0.15, 0.2) is 5.65 Å². The number of carbonyl (C=O) groups excluding carboxylic acids is 1. The number of carbonyl (C=O) groups is 1. The Bertz CT molecular complexity index is 1170. The van der Waals surface area contributed by atoms with Crippen molar-refractivity contribution >= 4 is 29.2 Å². The third-order valence-electron chi connectivity index (χ3n) is 5.85. The smallest absolute Gasteiger partial charge is 0.410 e. The van der Waals surface area contributed by atoms with Crippen molar-refractivity contribution in [3.8, 4) is 5.88 Å². The maximum absolute atomic E-state index is 12.2. The van der Waals surface area contributed by atoms with Gasteiger partial charge in [-0.1, -0.05) is 24.6 Å². The van der Waals surface area contributed by atoms with E-state index in [9.17, 15) is 4.79 Å². The van der Waals surface area contributed by atoms with Crippen LogP contribution in [0.3, 0.4) is 0 Å². The van der Waals surface area contributed by atoms with Gasteiger partial charge >= 0.3 is 6.09 Å². The van der Waals surface area contributed by atoms with E-state index in [0.717, 1.165) is 48.6 Å². The van der Waals surface area contributed by atoms with Crippen LogP contribution in [0.5, 0.6) is 5.88 Å². The van der Waals surface area contributed by atoms with Crippen molar-refractivity contribution in [1.82, 2.24) is 29.4 Å². The molecule has 0 unspecified atom stereocenters. The first-order chi connectivity index (χ1) is 17.2. The molecule has 11 heteroatoms. The summed E-state index contributed by atoms with van der Waals surface area (Å²) >= 11 is 6.21. The third kappa shape index (κ3) is 6.76. The van der Waals surface area contributed by atoms with Crippen LogP contribution >= 0.6 is 11.6 Å². The van der Waals surface area contributed by atoms with Crippen LogP contribution in [0.1, 0.15) is 38.8 Å². The molecular formula is C25H34ClN7O3. The summed E-state index contributed by atoms with van der Waals surface area (Å²) in [4.78, 5) is 25.1. The zero-order valence-electron chi connectivity index (χ0n) is 21.3. The average Bonchev–Trinajstić information content (AvgIpc) is 3.25. The number of ether oxygens (including phenoxy) is 2. The SMILES string of the molecule is CCc1cnn2c(NCc3ccc(OCCN4CCN(C(=O)OC(C)(C)C)CC4)nc3)cc(Cl)nc12. The van der Waals surface area contributed by atoms with Crippen LogP contribution in [0.15, 0.2) is 30.6 Å². The van der Waals surface area contributed by atoms with Crippen LogP contribution < -0.4 is 10.1 Å². The summed E-state index contributed by atoms with van der Waals surface area (Å²) in [6.45, 7) is 12.5. The molecule has 1 saturated heterocycles. The Kier molecular flexibility index (Phi) is 8.15. The lowest BCUT2D eigenvalue weighted by molar-refractivity contribution is 0.0136. The molecule has 1 fully saturated rings. The average molecular weight is 516 g/mol. The number of amides is 1. The lowest BCUT2D eigenvalue weighted by Crippen LogP contribution is -2.50. The summed E-state index contributed by atoms with van der Waals surface area (Å²) in [5.74, 6) is 1.36. The number of piperazine rings is 1. The van der Waals surface area contributed by atoms with Gasteiger partial charge in [0, 0.05) is 63.2 Å². The van der Waals surface area contributed by atoms with Gasteiger partial charge in [-0.05, 0) is 32.8 Å². The molecule has 0 aliphatic carbocycles. The van der Waals surface area contributed by atoms with E-state index in [1.165, 1.54) is 0 Å². The summed E-state index contributed by atoms with van der Waals surface area (Å²) < 4.78 is 13.1. The van der Waals surface area contributed by atoms with Crippen LogP contribution in [0.4, 0.5) is 10.6 Å². The first-order valence-corrected chi connectivity index (χ1v) is 12.6. The molecule has 3 aromatic heterocycles. The van der Waals surface area contributed by atoms with Gasteiger partial charge in [-0.2, -0.15) is 9.61 Å². The Balaban J connectivity index is 1.21. The number of nitrogens with one attached hydrogen (secondary N) is 1. The van der Waals surface area contributed by atoms with Gasteiger partial charge in [-0.15, -0.1) is 0 Å². The van der Waals surface area contributed by atoms with Gasteiger partial charge in [-0.25, -0.2) is 14.8 Å². The Morgan fingerprint density at radius 3 is 2.61 bits per heavy atom. The quantitative estimate of drug-likeness (QED) is 0.451. The highest BCUT2D eigenvalue weighted by Crippen LogP contribution is 2.20. The standard InChI is InChI=1S/C25H34ClN7O3/c1-5-19-17-29-33-21(14-20(26)30-23(19)33)27-15-18-6-7-22(28-16-18)35-13-12-31-8-10-32(11-9-31)24(34)36-25(2,3)4/h6-7,14,16-17,27H,5,8-13,15H2,1-4H3. The first-order valence-electron chi connectivity index (χ1n) is 12.3. The van der Waals surface area contributed by atoms with Gasteiger partial charge in [0.25, 0.3) is 0 Å². The van der Waals surface area contributed by atoms with Crippen LogP contribution in [-0.2, 0) is 17.7 Å². The molecular weight excluding hydrogens is 482 g/mol. The molecule has 0 radical (unpaired) electrons. The summed E-state index contributed by atoms with van der Waals surface area (Å²) in [5, 5.41) is 8.21. The molecule has 1 amide bonds. The second-order valence-electron chi connectivity index (χ2n) is 9.74. The van der Waals surface area contributed by atoms with E-state index in [-0.39, 0.29) is 6.09 Å². The fraction of sp³-hybridized carbons (Fsp3) is 0.520. The minimum Gasteiger partial charge on any atom is -0.476 e. The highest BCUT2D eigenvalue weighted by atomic mass is 35.5. The molecule has 1 N–H and O–H groups in total. The summed E-state index contributed by atoms with van der Waals surface area (Å²) in [7, 11) is 0. The number of hydrogen-bond donors (Lipinski definition) is 1. The minimum atomic E-state index is -0.474. The highest BCUT2D eigenvalue weighted by molar-refractivity contribution is 6.29. The third-order valence-corrected chi connectivity index (χ3v) is 6.04. The van der Waals surface area contributed by atoms with Gasteiger partial charge < -0.3 is 19.7 Å². The fourth-order valence-electron chi connectivity index (χ4n) is 3.91. The maximum Gasteiger partial charge on any atom is 0.410 e. The molecule has 1 aliphatic heterocycles. The lowest BCUT2D eigenvalue weighted by atomic mass is 10.2. The minimum absolute atomic E-state index is 0.246. The summed E-state index contributed by atoms with van der Waals surface area (Å²) in [6.07, 6.45) is 4.20. The van der Waals surface area contributed by atoms with Crippen molar-refractivity contribution in [3.63, 3.8) is 0 Å². The van der Waals surface area contributed by atoms with E-state index in [2.05, 4.69) is 32.2 Å². The van der Waals surface area contributed by atoms with E-state index in [4.69, 9.17) is 21.1 Å². The van der Waals surface area contributed by atoms with Crippen molar-refractivity contribution < 1.29 is 14.3 Å². The molecule has 10 nitrogen and oxygen atoms in total. The molecule has 3 aromatic rings. The number of pyridine rings is 1. The second kappa shape index (κ2) is 11.3. The molecule has 0 atom stereocenters. The number of fused-ring (bicyclic) bond motifs is 1. The topological polar surface area (TPSA) is 97.1 Å².